The van der Waals surface area contributed by atoms with Crippen LogP contribution in [0.4, 0.5) is 11.4 Å². The van der Waals surface area contributed by atoms with E-state index in [0.717, 1.165) is 40.2 Å². The summed E-state index contributed by atoms with van der Waals surface area (Å²) in [6.45, 7) is 6.24. The molecule has 0 spiro atoms. The van der Waals surface area contributed by atoms with Gasteiger partial charge >= 0.3 is 11.6 Å². The highest BCUT2D eigenvalue weighted by molar-refractivity contribution is 5.97. The van der Waals surface area contributed by atoms with E-state index in [0.29, 0.717) is 23.7 Å². The molecule has 5 aromatic rings. The molecular weight excluding hydrogens is 558 g/mol. The summed E-state index contributed by atoms with van der Waals surface area (Å²) in [5, 5.41) is 27.2. The van der Waals surface area contributed by atoms with Gasteiger partial charge in [-0.2, -0.15) is 5.10 Å². The lowest BCUT2D eigenvalue weighted by molar-refractivity contribution is -0.394. The van der Waals surface area contributed by atoms with E-state index in [1.165, 1.54) is 12.3 Å². The SMILES string of the molecule is CCOc1ccc2oc(C(=O)N/N=C/c3cc(C)n(-c4ccc(Oc5ccc([N+](=O)[O-])cc5[N+](=O)[O-])cc4)c3C)cc2c1. The molecule has 13 heteroatoms. The van der Waals surface area contributed by atoms with Crippen LogP contribution in [0, 0.1) is 34.1 Å². The van der Waals surface area contributed by atoms with Crippen molar-refractivity contribution in [1.29, 1.82) is 0 Å². The number of nitrogens with zero attached hydrogens (tertiary/aromatic N) is 4. The number of nitrogens with one attached hydrogen (secondary N) is 1. The van der Waals surface area contributed by atoms with Crippen LogP contribution in [0.5, 0.6) is 17.2 Å². The van der Waals surface area contributed by atoms with Gasteiger partial charge in [-0.25, -0.2) is 5.43 Å². The predicted octanol–water partition coefficient (Wildman–Crippen LogP) is 6.61. The summed E-state index contributed by atoms with van der Waals surface area (Å²) in [5.74, 6) is 0.505. The number of hydrazone groups is 1. The van der Waals surface area contributed by atoms with Crippen LogP contribution in [0.25, 0.3) is 16.7 Å². The van der Waals surface area contributed by atoms with Gasteiger partial charge in [-0.1, -0.05) is 0 Å². The highest BCUT2D eigenvalue weighted by Gasteiger charge is 2.21. The molecule has 0 fully saturated rings. The third-order valence-corrected chi connectivity index (χ3v) is 6.54. The zero-order valence-electron chi connectivity index (χ0n) is 23.3. The Balaban J connectivity index is 1.29. The number of benzene rings is 3. The molecule has 3 aromatic carbocycles. The predicted molar refractivity (Wildman–Crippen MR) is 158 cm³/mol. The van der Waals surface area contributed by atoms with Crippen LogP contribution in [-0.4, -0.2) is 33.1 Å². The Morgan fingerprint density at radius 3 is 2.42 bits per heavy atom. The monoisotopic (exact) mass is 583 g/mol. The van der Waals surface area contributed by atoms with Gasteiger partial charge in [0, 0.05) is 34.1 Å². The van der Waals surface area contributed by atoms with E-state index in [2.05, 4.69) is 10.5 Å². The van der Waals surface area contributed by atoms with Crippen LogP contribution >= 0.6 is 0 Å². The number of hydrogen-bond acceptors (Lipinski definition) is 9. The smallest absolute Gasteiger partial charge is 0.318 e. The van der Waals surface area contributed by atoms with Crippen LogP contribution in [0.15, 0.2) is 82.3 Å². The first-order chi connectivity index (χ1) is 20.6. The minimum atomic E-state index is -0.732. The second kappa shape index (κ2) is 11.9. The van der Waals surface area contributed by atoms with Gasteiger partial charge in [0.25, 0.3) is 5.69 Å². The fraction of sp³-hybridized carbons (Fsp3) is 0.133. The molecule has 0 atom stereocenters. The van der Waals surface area contributed by atoms with Crippen molar-refractivity contribution in [3.63, 3.8) is 0 Å². The Hall–Kier alpha value is -5.98. The summed E-state index contributed by atoms with van der Waals surface area (Å²) in [7, 11) is 0. The van der Waals surface area contributed by atoms with Crippen molar-refractivity contribution in [3.8, 4) is 22.9 Å². The van der Waals surface area contributed by atoms with Gasteiger partial charge in [-0.3, -0.25) is 25.0 Å². The van der Waals surface area contributed by atoms with Crippen molar-refractivity contribution in [3.05, 3.63) is 116 Å². The van der Waals surface area contributed by atoms with Crippen LogP contribution in [0.3, 0.4) is 0 Å². The van der Waals surface area contributed by atoms with Crippen molar-refractivity contribution in [2.24, 2.45) is 5.10 Å². The molecule has 0 saturated carbocycles. The number of fused-ring (bicyclic) bond motifs is 1. The van der Waals surface area contributed by atoms with E-state index in [1.807, 2.05) is 31.4 Å². The van der Waals surface area contributed by atoms with Crippen molar-refractivity contribution in [2.75, 3.05) is 6.61 Å². The molecule has 0 saturated heterocycles. The number of nitro groups is 2. The Morgan fingerprint density at radius 2 is 1.72 bits per heavy atom. The molecule has 0 aliphatic carbocycles. The fourth-order valence-electron chi connectivity index (χ4n) is 4.56. The zero-order valence-corrected chi connectivity index (χ0v) is 23.3. The van der Waals surface area contributed by atoms with Crippen LogP contribution < -0.4 is 14.9 Å². The number of hydrogen-bond donors (Lipinski definition) is 1. The molecule has 43 heavy (non-hydrogen) atoms. The van der Waals surface area contributed by atoms with E-state index in [4.69, 9.17) is 13.9 Å². The first-order valence-electron chi connectivity index (χ1n) is 13.0. The molecule has 0 aliphatic rings. The topological polar surface area (TPSA) is 164 Å². The number of rotatable bonds is 10. The maximum Gasteiger partial charge on any atom is 0.318 e. The number of ether oxygens (including phenoxy) is 2. The molecule has 0 unspecified atom stereocenters. The number of aromatic nitrogens is 1. The Morgan fingerprint density at radius 1 is 0.977 bits per heavy atom. The number of carbonyl (C=O) groups excluding carboxylic acids is 1. The standard InChI is InChI=1S/C30H25N5O8/c1-4-41-25-10-12-27-20(14-25)15-29(43-27)30(36)32-31-17-21-13-18(2)33(19(21)3)22-5-8-24(9-6-22)42-28-11-7-23(34(37)38)16-26(28)35(39)40/h5-17H,4H2,1-3H3,(H,32,36)/b31-17+. The highest BCUT2D eigenvalue weighted by Crippen LogP contribution is 2.35. The van der Waals surface area contributed by atoms with E-state index >= 15 is 0 Å². The average Bonchev–Trinajstić information content (AvgIpc) is 3.53. The third kappa shape index (κ3) is 6.05. The lowest BCUT2D eigenvalue weighted by atomic mass is 10.2. The van der Waals surface area contributed by atoms with Crippen LogP contribution in [0.1, 0.15) is 34.4 Å². The highest BCUT2D eigenvalue weighted by atomic mass is 16.6. The molecular formula is C30H25N5O8. The molecule has 0 aliphatic heterocycles. The third-order valence-electron chi connectivity index (χ3n) is 6.54. The summed E-state index contributed by atoms with van der Waals surface area (Å²) in [6, 6.07) is 18.9. The maximum atomic E-state index is 12.6. The molecule has 0 bridgehead atoms. The Bertz CT molecular complexity index is 1890. The van der Waals surface area contributed by atoms with Gasteiger partial charge in [0.15, 0.2) is 5.76 Å². The molecule has 5 rings (SSSR count). The molecule has 1 amide bonds. The van der Waals surface area contributed by atoms with Crippen molar-refractivity contribution >= 4 is 34.5 Å². The number of furan rings is 1. The number of non-ortho nitro benzene ring substituents is 1. The summed E-state index contributed by atoms with van der Waals surface area (Å²) in [4.78, 5) is 33.6. The molecule has 0 radical (unpaired) electrons. The van der Waals surface area contributed by atoms with E-state index in [1.54, 1.807) is 48.5 Å². The molecule has 2 aromatic heterocycles. The summed E-state index contributed by atoms with van der Waals surface area (Å²) < 4.78 is 18.8. The first kappa shape index (κ1) is 28.5. The van der Waals surface area contributed by atoms with E-state index in [-0.39, 0.29) is 11.5 Å². The molecule has 13 nitrogen and oxygen atoms in total. The average molecular weight is 584 g/mol. The van der Waals surface area contributed by atoms with Gasteiger partial charge in [-0.15, -0.1) is 0 Å². The van der Waals surface area contributed by atoms with Gasteiger partial charge in [-0.05, 0) is 81.4 Å². The van der Waals surface area contributed by atoms with Gasteiger partial charge in [0.05, 0.1) is 28.7 Å². The summed E-state index contributed by atoms with van der Waals surface area (Å²) in [6.07, 6.45) is 1.54. The van der Waals surface area contributed by atoms with Crippen molar-refractivity contribution in [1.82, 2.24) is 9.99 Å². The second-order valence-corrected chi connectivity index (χ2v) is 9.37. The van der Waals surface area contributed by atoms with E-state index < -0.39 is 27.1 Å². The number of nitro benzene ring substituents is 2. The number of amides is 1. The second-order valence-electron chi connectivity index (χ2n) is 9.37. The quantitative estimate of drug-likeness (QED) is 0.109. The normalized spacial score (nSPS) is 11.1. The molecule has 1 N–H and O–H groups in total. The molecule has 218 valence electrons. The minimum Gasteiger partial charge on any atom is -0.494 e. The van der Waals surface area contributed by atoms with Crippen LogP contribution in [-0.2, 0) is 0 Å². The lowest BCUT2D eigenvalue weighted by Gasteiger charge is -2.11. The first-order valence-corrected chi connectivity index (χ1v) is 13.0. The summed E-state index contributed by atoms with van der Waals surface area (Å²) >= 11 is 0. The fourth-order valence-corrected chi connectivity index (χ4v) is 4.56. The van der Waals surface area contributed by atoms with Gasteiger partial charge in [0.1, 0.15) is 17.1 Å². The van der Waals surface area contributed by atoms with Gasteiger partial charge in [0.2, 0.25) is 5.75 Å². The van der Waals surface area contributed by atoms with Crippen LogP contribution in [0.2, 0.25) is 0 Å². The van der Waals surface area contributed by atoms with E-state index in [9.17, 15) is 25.0 Å². The number of aryl methyl sites for hydroxylation is 1. The van der Waals surface area contributed by atoms with Gasteiger partial charge < -0.3 is 18.5 Å². The maximum absolute atomic E-state index is 12.6. The largest absolute Gasteiger partial charge is 0.494 e. The Labute approximate surface area is 244 Å². The summed E-state index contributed by atoms with van der Waals surface area (Å²) in [5.41, 5.74) is 5.44. The zero-order chi connectivity index (χ0) is 30.7. The minimum absolute atomic E-state index is 0.116. The van der Waals surface area contributed by atoms with Crippen molar-refractivity contribution < 1.29 is 28.5 Å². The lowest BCUT2D eigenvalue weighted by Crippen LogP contribution is -2.16. The Kier molecular flexibility index (Phi) is 7.88. The number of carbonyl (C=O) groups is 1. The molecule has 2 heterocycles. The van der Waals surface area contributed by atoms with Crippen molar-refractivity contribution in [2.45, 2.75) is 20.8 Å².